The van der Waals surface area contributed by atoms with Gasteiger partial charge >= 0.3 is 0 Å². The van der Waals surface area contributed by atoms with Gasteiger partial charge in [-0.05, 0) is 47.7 Å². The number of hydrogen-bond donors (Lipinski definition) is 0. The summed E-state index contributed by atoms with van der Waals surface area (Å²) in [4.78, 5) is 17.0. The monoisotopic (exact) mass is 336 g/mol. The van der Waals surface area contributed by atoms with Crippen molar-refractivity contribution >= 4 is 17.2 Å². The van der Waals surface area contributed by atoms with Gasteiger partial charge in [0.25, 0.3) is 5.91 Å². The van der Waals surface area contributed by atoms with E-state index in [0.29, 0.717) is 32.2 Å². The predicted octanol–water partition coefficient (Wildman–Crippen LogP) is 1.59. The molecular formula is C17H24N2O3S. The molecule has 5 nitrogen and oxygen atoms in total. The highest BCUT2D eigenvalue weighted by molar-refractivity contribution is 7.07. The van der Waals surface area contributed by atoms with Crippen LogP contribution in [0.1, 0.15) is 18.4 Å². The average molecular weight is 336 g/mol. The Bertz CT molecular complexity index is 530. The van der Waals surface area contributed by atoms with Crippen LogP contribution in [0, 0.1) is 5.92 Å². The number of piperidine rings is 1. The molecule has 6 heteroatoms. The van der Waals surface area contributed by atoms with Crippen molar-refractivity contribution in [3.8, 4) is 0 Å². The van der Waals surface area contributed by atoms with Crippen LogP contribution in [0.5, 0.6) is 0 Å². The summed E-state index contributed by atoms with van der Waals surface area (Å²) < 4.78 is 11.5. The summed E-state index contributed by atoms with van der Waals surface area (Å²) in [6.45, 7) is 5.78. The van der Waals surface area contributed by atoms with Crippen molar-refractivity contribution in [3.05, 3.63) is 22.4 Å². The van der Waals surface area contributed by atoms with Gasteiger partial charge in [-0.1, -0.05) is 0 Å². The Morgan fingerprint density at radius 2 is 2.17 bits per heavy atom. The quantitative estimate of drug-likeness (QED) is 0.841. The van der Waals surface area contributed by atoms with E-state index in [-0.39, 0.29) is 18.1 Å². The minimum atomic E-state index is -0.232. The van der Waals surface area contributed by atoms with E-state index in [4.69, 9.17) is 9.47 Å². The Labute approximate surface area is 141 Å². The van der Waals surface area contributed by atoms with Gasteiger partial charge in [0, 0.05) is 26.2 Å². The largest absolute Gasteiger partial charge is 0.378 e. The van der Waals surface area contributed by atoms with E-state index < -0.39 is 0 Å². The first-order chi connectivity index (χ1) is 11.3. The lowest BCUT2D eigenvalue weighted by Gasteiger charge is -2.33. The second kappa shape index (κ2) is 6.89. The molecule has 4 rings (SSSR count). The van der Waals surface area contributed by atoms with Crippen molar-refractivity contribution in [2.24, 2.45) is 5.92 Å². The number of likely N-dealkylation sites (tertiary alicyclic amines) is 1. The maximum Gasteiger partial charge on any atom is 0.251 e. The molecule has 0 aromatic carbocycles. The van der Waals surface area contributed by atoms with Crippen molar-refractivity contribution in [1.29, 1.82) is 0 Å². The molecule has 3 aliphatic heterocycles. The Hall–Kier alpha value is -0.950. The van der Waals surface area contributed by atoms with E-state index in [1.807, 2.05) is 4.90 Å². The fraction of sp³-hybridized carbons (Fsp3) is 0.706. The van der Waals surface area contributed by atoms with Crippen molar-refractivity contribution in [2.45, 2.75) is 31.6 Å². The third-order valence-corrected chi connectivity index (χ3v) is 5.95. The molecule has 3 saturated heterocycles. The smallest absolute Gasteiger partial charge is 0.251 e. The van der Waals surface area contributed by atoms with Gasteiger partial charge in [-0.2, -0.15) is 11.3 Å². The minimum absolute atomic E-state index is 0.173. The number of carbonyl (C=O) groups excluding carboxylic acids is 1. The van der Waals surface area contributed by atoms with Gasteiger partial charge in [-0.3, -0.25) is 9.69 Å². The number of hydrogen-bond acceptors (Lipinski definition) is 5. The van der Waals surface area contributed by atoms with Gasteiger partial charge < -0.3 is 14.4 Å². The molecule has 0 radical (unpaired) electrons. The molecule has 0 N–H and O–H groups in total. The highest BCUT2D eigenvalue weighted by Gasteiger charge is 2.43. The molecule has 0 unspecified atom stereocenters. The van der Waals surface area contributed by atoms with Crippen molar-refractivity contribution in [3.63, 3.8) is 0 Å². The fourth-order valence-corrected chi connectivity index (χ4v) is 4.59. The lowest BCUT2D eigenvalue weighted by Crippen LogP contribution is -2.46. The number of morpholine rings is 1. The molecule has 0 aliphatic carbocycles. The Morgan fingerprint density at radius 1 is 1.30 bits per heavy atom. The number of thiophene rings is 1. The number of ether oxygens (including phenoxy) is 2. The Balaban J connectivity index is 1.33. The first-order valence-corrected chi connectivity index (χ1v) is 9.49. The summed E-state index contributed by atoms with van der Waals surface area (Å²) in [7, 11) is 0. The summed E-state index contributed by atoms with van der Waals surface area (Å²) in [5.41, 5.74) is 1.38. The van der Waals surface area contributed by atoms with Crippen LogP contribution in [0.25, 0.3) is 0 Å². The molecule has 0 saturated carbocycles. The third-order valence-electron chi connectivity index (χ3n) is 5.22. The van der Waals surface area contributed by atoms with Crippen molar-refractivity contribution < 1.29 is 14.3 Å². The van der Waals surface area contributed by atoms with E-state index in [0.717, 1.165) is 32.5 Å². The maximum absolute atomic E-state index is 12.6. The molecule has 1 amide bonds. The van der Waals surface area contributed by atoms with Crippen LogP contribution in [-0.4, -0.2) is 67.3 Å². The van der Waals surface area contributed by atoms with E-state index in [2.05, 4.69) is 21.7 Å². The molecule has 126 valence electrons. The van der Waals surface area contributed by atoms with E-state index in [1.165, 1.54) is 5.56 Å². The van der Waals surface area contributed by atoms with Crippen LogP contribution >= 0.6 is 11.3 Å². The number of nitrogens with zero attached hydrogens (tertiary/aromatic N) is 2. The number of amides is 1. The molecule has 4 heterocycles. The summed E-state index contributed by atoms with van der Waals surface area (Å²) in [6.07, 6.45) is 2.02. The molecule has 1 aromatic heterocycles. The van der Waals surface area contributed by atoms with Gasteiger partial charge in [0.05, 0.1) is 19.3 Å². The molecule has 0 bridgehead atoms. The van der Waals surface area contributed by atoms with Crippen LogP contribution in [0.2, 0.25) is 0 Å². The zero-order valence-corrected chi connectivity index (χ0v) is 14.2. The number of carbonyl (C=O) groups is 1. The van der Waals surface area contributed by atoms with E-state index in [1.54, 1.807) is 11.3 Å². The topological polar surface area (TPSA) is 42.0 Å². The van der Waals surface area contributed by atoms with E-state index in [9.17, 15) is 4.79 Å². The molecule has 3 atom stereocenters. The number of rotatable bonds is 3. The number of fused-ring (bicyclic) bond motifs is 1. The van der Waals surface area contributed by atoms with Crippen LogP contribution < -0.4 is 0 Å². The average Bonchev–Trinajstić information content (AvgIpc) is 3.24. The second-order valence-electron chi connectivity index (χ2n) is 6.75. The zero-order chi connectivity index (χ0) is 15.6. The molecular weight excluding hydrogens is 312 g/mol. The summed E-state index contributed by atoms with van der Waals surface area (Å²) >= 11 is 1.75. The maximum atomic E-state index is 12.6. The fourth-order valence-electron chi connectivity index (χ4n) is 3.93. The highest BCUT2D eigenvalue weighted by Crippen LogP contribution is 2.34. The summed E-state index contributed by atoms with van der Waals surface area (Å²) in [5, 5.41) is 4.34. The lowest BCUT2D eigenvalue weighted by atomic mass is 9.91. The Kier molecular flexibility index (Phi) is 4.66. The van der Waals surface area contributed by atoms with Gasteiger partial charge in [0.2, 0.25) is 0 Å². The van der Waals surface area contributed by atoms with Crippen molar-refractivity contribution in [1.82, 2.24) is 9.80 Å². The summed E-state index contributed by atoms with van der Waals surface area (Å²) in [6, 6.07) is 2.19. The molecule has 3 fully saturated rings. The zero-order valence-electron chi connectivity index (χ0n) is 13.4. The minimum Gasteiger partial charge on any atom is -0.378 e. The Morgan fingerprint density at radius 3 is 2.96 bits per heavy atom. The van der Waals surface area contributed by atoms with Gasteiger partial charge in [-0.15, -0.1) is 0 Å². The molecule has 3 aliphatic rings. The van der Waals surface area contributed by atoms with Gasteiger partial charge in [-0.25, -0.2) is 0 Å². The van der Waals surface area contributed by atoms with Gasteiger partial charge in [0.15, 0.2) is 0 Å². The normalized spacial score (nSPS) is 32.0. The van der Waals surface area contributed by atoms with Crippen LogP contribution in [0.4, 0.5) is 0 Å². The van der Waals surface area contributed by atoms with Crippen molar-refractivity contribution in [2.75, 3.05) is 39.4 Å². The third kappa shape index (κ3) is 3.45. The van der Waals surface area contributed by atoms with Crippen LogP contribution in [0.15, 0.2) is 16.8 Å². The molecule has 0 spiro atoms. The lowest BCUT2D eigenvalue weighted by molar-refractivity contribution is -0.147. The van der Waals surface area contributed by atoms with Crippen LogP contribution in [-0.2, 0) is 20.8 Å². The highest BCUT2D eigenvalue weighted by atomic mass is 32.1. The SMILES string of the molecule is O=C([C@@H]1C[C@@H]2CCN(Cc3ccsc3)C[C@@H]2O1)N1CCOCC1. The molecule has 23 heavy (non-hydrogen) atoms. The standard InChI is InChI=1S/C17H24N2O3S/c20-17(19-4-6-21-7-5-19)15-9-14-1-3-18(11-16(14)22-15)10-13-2-8-23-12-13/h2,8,12,14-16H,1,3-7,9-11H2/t14-,15-,16-/m0/s1. The second-order valence-corrected chi connectivity index (χ2v) is 7.53. The predicted molar refractivity (Wildman–Crippen MR) is 88.4 cm³/mol. The van der Waals surface area contributed by atoms with Gasteiger partial charge in [0.1, 0.15) is 6.10 Å². The van der Waals surface area contributed by atoms with Crippen LogP contribution in [0.3, 0.4) is 0 Å². The van der Waals surface area contributed by atoms with E-state index >= 15 is 0 Å². The summed E-state index contributed by atoms with van der Waals surface area (Å²) in [5.74, 6) is 0.718. The first-order valence-electron chi connectivity index (χ1n) is 8.55. The first kappa shape index (κ1) is 15.6. The molecule has 1 aromatic rings.